The van der Waals surface area contributed by atoms with Crippen LogP contribution in [0.2, 0.25) is 0 Å². The molecule has 1 rings (SSSR count). The Balaban J connectivity index is 3.35. The van der Waals surface area contributed by atoms with Crippen molar-refractivity contribution in [2.45, 2.75) is 33.1 Å². The molecule has 2 nitrogen and oxygen atoms in total. The van der Waals surface area contributed by atoms with Crippen LogP contribution in [0, 0.1) is 6.92 Å². The summed E-state index contributed by atoms with van der Waals surface area (Å²) in [6.45, 7) is 7.61. The molecule has 0 heterocycles. The summed E-state index contributed by atoms with van der Waals surface area (Å²) in [5.74, 6) is -0.361. The first-order valence-electron chi connectivity index (χ1n) is 4.34. The molecule has 0 atom stereocenters. The lowest BCUT2D eigenvalue weighted by Gasteiger charge is -2.20. The van der Waals surface area contributed by atoms with E-state index in [0.717, 1.165) is 0 Å². The first kappa shape index (κ1) is 9.90. The number of hydrogen-bond acceptors (Lipinski definition) is 1. The first-order valence-corrected chi connectivity index (χ1v) is 4.34. The van der Waals surface area contributed by atoms with E-state index in [1.54, 1.807) is 13.0 Å². The first-order chi connectivity index (χ1) is 5.84. The largest absolute Gasteiger partial charge is 0.504 e. The van der Waals surface area contributed by atoms with Gasteiger partial charge < -0.3 is 5.11 Å². The minimum absolute atomic E-state index is 0.104. The summed E-state index contributed by atoms with van der Waals surface area (Å²) >= 11 is 0. The molecule has 1 radical (unpaired) electrons. The third kappa shape index (κ3) is 1.77. The van der Waals surface area contributed by atoms with Gasteiger partial charge >= 0.3 is 0 Å². The maximum Gasteiger partial charge on any atom is 0.223 e. The van der Waals surface area contributed by atoms with Crippen molar-refractivity contribution in [2.75, 3.05) is 0 Å². The van der Waals surface area contributed by atoms with Gasteiger partial charge in [0.25, 0.3) is 0 Å². The maximum atomic E-state index is 11.4. The van der Waals surface area contributed by atoms with Gasteiger partial charge in [-0.1, -0.05) is 32.9 Å². The van der Waals surface area contributed by atoms with E-state index >= 15 is 0 Å². The predicted octanol–water partition coefficient (Wildman–Crippen LogP) is 3.14. The average molecular weight is 179 g/mol. The zero-order chi connectivity index (χ0) is 10.2. The Morgan fingerprint density at radius 2 is 1.77 bits per heavy atom. The molecule has 0 saturated heterocycles. The molecule has 2 heteroatoms. The van der Waals surface area contributed by atoms with E-state index in [-0.39, 0.29) is 16.9 Å². The Kier molecular flexibility index (Phi) is 2.24. The molecular weight excluding hydrogens is 164 g/mol. The summed E-state index contributed by atoms with van der Waals surface area (Å²) in [4.78, 5) is 0. The molecule has 0 amide bonds. The van der Waals surface area contributed by atoms with E-state index in [9.17, 15) is 10.2 Å². The van der Waals surface area contributed by atoms with E-state index in [1.165, 1.54) is 0 Å². The van der Waals surface area contributed by atoms with E-state index in [0.29, 0.717) is 11.1 Å². The molecule has 1 N–H and O–H groups in total. The van der Waals surface area contributed by atoms with Gasteiger partial charge in [-0.2, -0.15) is 0 Å². The van der Waals surface area contributed by atoms with Crippen molar-refractivity contribution in [1.29, 1.82) is 0 Å². The summed E-state index contributed by atoms with van der Waals surface area (Å²) in [6, 6.07) is 3.56. The Morgan fingerprint density at radius 3 is 2.23 bits per heavy atom. The molecule has 71 valence electrons. The molecule has 0 fully saturated rings. The number of aromatic hydroxyl groups is 1. The maximum absolute atomic E-state index is 11.4. The SMILES string of the molecule is Cc1ccc(C(C)(C)C)c(O)c1[O]. The van der Waals surface area contributed by atoms with Gasteiger partial charge in [0.05, 0.1) is 0 Å². The minimum atomic E-state index is -0.257. The standard InChI is InChI=1S/C11H15O2/c1-7-5-6-8(11(2,3)4)10(13)9(7)12/h5-6,13H,1-4H3. The molecule has 0 unspecified atom stereocenters. The fourth-order valence-corrected chi connectivity index (χ4v) is 1.28. The number of benzene rings is 1. The second-order valence-electron chi connectivity index (χ2n) is 4.36. The molecule has 0 saturated carbocycles. The van der Waals surface area contributed by atoms with Crippen molar-refractivity contribution in [2.24, 2.45) is 0 Å². The highest BCUT2D eigenvalue weighted by Crippen LogP contribution is 2.38. The summed E-state index contributed by atoms with van der Waals surface area (Å²) in [5, 5.41) is 21.0. The molecule has 0 aliphatic rings. The molecular formula is C11H15O2. The lowest BCUT2D eigenvalue weighted by atomic mass is 9.85. The van der Waals surface area contributed by atoms with Crippen molar-refractivity contribution >= 4 is 0 Å². The fourth-order valence-electron chi connectivity index (χ4n) is 1.28. The highest BCUT2D eigenvalue weighted by molar-refractivity contribution is 5.51. The summed E-state index contributed by atoms with van der Waals surface area (Å²) < 4.78 is 0. The third-order valence-corrected chi connectivity index (χ3v) is 2.14. The van der Waals surface area contributed by atoms with Crippen molar-refractivity contribution in [1.82, 2.24) is 0 Å². The second-order valence-corrected chi connectivity index (χ2v) is 4.36. The molecule has 0 bridgehead atoms. The van der Waals surface area contributed by atoms with Crippen LogP contribution in [0.15, 0.2) is 12.1 Å². The van der Waals surface area contributed by atoms with Gasteiger partial charge in [-0.15, -0.1) is 0 Å². The van der Waals surface area contributed by atoms with Crippen LogP contribution >= 0.6 is 0 Å². The minimum Gasteiger partial charge on any atom is -0.504 e. The van der Waals surface area contributed by atoms with Crippen LogP contribution in [0.25, 0.3) is 0 Å². The lowest BCUT2D eigenvalue weighted by Crippen LogP contribution is -2.11. The van der Waals surface area contributed by atoms with Crippen molar-refractivity contribution in [3.05, 3.63) is 23.3 Å². The highest BCUT2D eigenvalue weighted by Gasteiger charge is 2.21. The molecule has 0 aromatic heterocycles. The Bertz CT molecular complexity index is 322. The average Bonchev–Trinajstić information content (AvgIpc) is 1.98. The quantitative estimate of drug-likeness (QED) is 0.653. The monoisotopic (exact) mass is 179 g/mol. The Morgan fingerprint density at radius 1 is 1.23 bits per heavy atom. The predicted molar refractivity (Wildman–Crippen MR) is 51.7 cm³/mol. The molecule has 13 heavy (non-hydrogen) atoms. The van der Waals surface area contributed by atoms with Gasteiger partial charge in [-0.3, -0.25) is 5.11 Å². The van der Waals surface area contributed by atoms with Crippen LogP contribution < -0.4 is 0 Å². The second kappa shape index (κ2) is 2.95. The van der Waals surface area contributed by atoms with Crippen LogP contribution in [0.5, 0.6) is 11.5 Å². The summed E-state index contributed by atoms with van der Waals surface area (Å²) in [7, 11) is 0. The fraction of sp³-hybridized carbons (Fsp3) is 0.455. The van der Waals surface area contributed by atoms with E-state index in [2.05, 4.69) is 0 Å². The number of aryl methyl sites for hydroxylation is 1. The Labute approximate surface area is 78.8 Å². The molecule has 0 aliphatic carbocycles. The van der Waals surface area contributed by atoms with Crippen molar-refractivity contribution in [3.63, 3.8) is 0 Å². The summed E-state index contributed by atoms with van der Waals surface area (Å²) in [6.07, 6.45) is 0. The zero-order valence-electron chi connectivity index (χ0n) is 8.51. The van der Waals surface area contributed by atoms with Gasteiger partial charge in [-0.25, -0.2) is 0 Å². The van der Waals surface area contributed by atoms with Crippen LogP contribution in [0.4, 0.5) is 0 Å². The lowest BCUT2D eigenvalue weighted by molar-refractivity contribution is 0.316. The van der Waals surface area contributed by atoms with E-state index in [4.69, 9.17) is 0 Å². The third-order valence-electron chi connectivity index (χ3n) is 2.14. The zero-order valence-corrected chi connectivity index (χ0v) is 8.51. The van der Waals surface area contributed by atoms with Crippen LogP contribution in [-0.2, 0) is 10.5 Å². The van der Waals surface area contributed by atoms with Gasteiger partial charge in [0.15, 0.2) is 5.75 Å². The molecule has 1 aromatic carbocycles. The van der Waals surface area contributed by atoms with Crippen molar-refractivity contribution < 1.29 is 10.2 Å². The van der Waals surface area contributed by atoms with Gasteiger partial charge in [0, 0.05) is 11.1 Å². The van der Waals surface area contributed by atoms with Gasteiger partial charge in [0.2, 0.25) is 5.75 Å². The molecule has 0 spiro atoms. The smallest absolute Gasteiger partial charge is 0.223 e. The number of phenolic OH excluding ortho intramolecular Hbond substituents is 1. The van der Waals surface area contributed by atoms with Crippen LogP contribution in [0.3, 0.4) is 0 Å². The molecule has 0 aliphatic heterocycles. The molecule has 1 aromatic rings. The number of phenols is 1. The Hall–Kier alpha value is -1.18. The van der Waals surface area contributed by atoms with Crippen molar-refractivity contribution in [3.8, 4) is 11.5 Å². The number of rotatable bonds is 0. The summed E-state index contributed by atoms with van der Waals surface area (Å²) in [5.41, 5.74) is 1.12. The van der Waals surface area contributed by atoms with Crippen LogP contribution in [-0.4, -0.2) is 5.11 Å². The van der Waals surface area contributed by atoms with Crippen LogP contribution in [0.1, 0.15) is 31.9 Å². The normalized spacial score (nSPS) is 11.7. The highest BCUT2D eigenvalue weighted by atomic mass is 16.3. The van der Waals surface area contributed by atoms with Gasteiger partial charge in [-0.05, 0) is 12.3 Å². The van der Waals surface area contributed by atoms with Gasteiger partial charge in [0.1, 0.15) is 0 Å². The topological polar surface area (TPSA) is 40.1 Å². The van der Waals surface area contributed by atoms with E-state index in [1.807, 2.05) is 26.8 Å². The van der Waals surface area contributed by atoms with E-state index < -0.39 is 0 Å². The number of hydrogen-bond donors (Lipinski definition) is 1.